The average Bonchev–Trinajstić information content (AvgIpc) is 1.66. The largest absolute Gasteiger partial charge is 0.472 e. The van der Waals surface area contributed by atoms with Crippen LogP contribution in [0.4, 0.5) is 0 Å². The summed E-state index contributed by atoms with van der Waals surface area (Å²) in [6, 6.07) is 0. The van der Waals surface area contributed by atoms with Gasteiger partial charge in [-0.25, -0.2) is 4.57 Å². The van der Waals surface area contributed by atoms with Crippen LogP contribution in [-0.4, -0.2) is 454 Å². The molecule has 8 atom stereocenters. The topological polar surface area (TPSA) is 491 Å². The summed E-state index contributed by atoms with van der Waals surface area (Å²) in [5.74, 6) is -0.784. The second kappa shape index (κ2) is 108. The molecule has 2 rings (SSSR count). The molecule has 0 aromatic rings. The first-order valence-electron chi connectivity index (χ1n) is 53.3. The second-order valence-corrected chi connectivity index (χ2v) is 62.9. The van der Waals surface area contributed by atoms with Gasteiger partial charge in [0.25, 0.3) is 0 Å². The van der Waals surface area contributed by atoms with Gasteiger partial charge < -0.3 is 135 Å². The van der Waals surface area contributed by atoms with Gasteiger partial charge in [-0.1, -0.05) is 67.0 Å². The van der Waals surface area contributed by atoms with Gasteiger partial charge in [-0.05, 0) is 86.0 Å². The highest BCUT2D eigenvalue weighted by Gasteiger charge is 2.45. The van der Waals surface area contributed by atoms with Gasteiger partial charge in [-0.3, -0.25) is 66.8 Å². The minimum atomic E-state index is -3.92. The highest BCUT2D eigenvalue weighted by Crippen LogP contribution is 2.99. The fraction of sp³-hybridized carbons (Fsp3) is 0.897. The van der Waals surface area contributed by atoms with Gasteiger partial charge in [0.1, 0.15) is 17.3 Å². The van der Waals surface area contributed by atoms with Crippen LogP contribution in [0.3, 0.4) is 0 Å². The minimum absolute atomic E-state index is 0.00810. The van der Waals surface area contributed by atoms with Crippen LogP contribution in [0, 0.1) is 11.8 Å². The molecule has 2 aliphatic heterocycles. The number of unbranched alkanes of at least 4 members (excludes halogenated alkanes) is 9. The number of nitrogens with zero attached hydrogens (tertiary/aromatic N) is 2. The molecular weight excluding hydrogens is 2150 g/mol. The summed E-state index contributed by atoms with van der Waals surface area (Å²) >= 11 is 0. The number of rotatable bonds is 120. The maximum Gasteiger partial charge on any atom is 0.472 e. The Morgan fingerprint density at radius 2 is 0.633 bits per heavy atom. The smallest absolute Gasteiger partial charge is 0.379 e. The number of ketones is 3. The Hall–Kier alpha value is -1.44. The maximum absolute atomic E-state index is 13.5. The molecule has 150 heavy (non-hydrogen) atoms. The molecule has 0 bridgehead atoms. The van der Waals surface area contributed by atoms with Crippen LogP contribution in [0.15, 0.2) is 0 Å². The number of imide groups is 2. The fourth-order valence-electron chi connectivity index (χ4n) is 13.9. The number of Topliss-reactive ketones (excluding diaryl/α,β-unsaturated/α-hetero) is 3. The Labute approximate surface area is 912 Å². The summed E-state index contributed by atoms with van der Waals surface area (Å²) in [4.78, 5) is 139. The van der Waals surface area contributed by atoms with E-state index in [4.69, 9.17) is 118 Å². The molecule has 43 nitrogen and oxygen atoms in total. The van der Waals surface area contributed by atoms with E-state index in [-0.39, 0.29) is 123 Å². The zero-order valence-electron chi connectivity index (χ0n) is 89.6. The number of phosphoric acid groups is 1. The van der Waals surface area contributed by atoms with Crippen LogP contribution in [0.5, 0.6) is 0 Å². The highest BCUT2D eigenvalue weighted by atomic mass is 33.1. The average molecular weight is 2340 g/mol. The molecule has 2 saturated heterocycles. The summed E-state index contributed by atoms with van der Waals surface area (Å²) < 4.78 is 154. The number of hydrogen-bond acceptors (Lipinski definition) is 39. The summed E-state index contributed by atoms with van der Waals surface area (Å²) in [7, 11) is 9.95. The summed E-state index contributed by atoms with van der Waals surface area (Å²) in [6.07, 6.45) is 13.8. The van der Waals surface area contributed by atoms with Crippen LogP contribution in [0.25, 0.3) is 0 Å². The molecule has 2 fully saturated rings. The lowest BCUT2D eigenvalue weighted by Crippen LogP contribution is -2.36. The number of ether oxygens (including phenoxy) is 24. The Morgan fingerprint density at radius 1 is 0.327 bits per heavy atom. The number of likely N-dealkylation sites (tertiary alicyclic amines) is 2. The molecule has 7 amide bonds. The van der Waals surface area contributed by atoms with Crippen molar-refractivity contribution < 1.29 is 180 Å². The van der Waals surface area contributed by atoms with E-state index in [1.807, 2.05) is 0 Å². The van der Waals surface area contributed by atoms with Crippen molar-refractivity contribution in [3.8, 4) is 0 Å². The number of hydrogen-bond donors (Lipinski definition) is 4. The molecule has 0 aliphatic carbocycles. The van der Waals surface area contributed by atoms with Crippen molar-refractivity contribution in [3.63, 3.8) is 0 Å². The monoisotopic (exact) mass is 2340 g/mol. The number of amides is 7. The molecule has 4 N–H and O–H groups in total. The number of phosphoric ester groups is 1. The SMILES string of the molecule is CCOP(=O)(O)OCCCCCCCC(=O)CCOCCOCCOCCOCCOCCOCCOCCOCCOCCOCCOCCOCCOCCOCCOCCOCCOCCOCCOCCOCCOCCOCCOCCOCCCC(=O)CCSSCCCCC(=O)NCCCCCCNC(=O)[C@H](CCCCNC(=O)CCN1C(=O)CC(P(P(P)P)P(P)P)C1=O)CC(=O)CCN1C(=O)CC(C)C1=O. The first-order chi connectivity index (χ1) is 73.2. The molecular formula is C97H185N5O38P8S2. The van der Waals surface area contributed by atoms with E-state index in [2.05, 4.69) is 56.2 Å². The van der Waals surface area contributed by atoms with Crippen LogP contribution >= 0.6 is 86.4 Å². The molecule has 53 heteroatoms. The van der Waals surface area contributed by atoms with E-state index >= 15 is 0 Å². The molecule has 0 aromatic heterocycles. The molecule has 0 saturated carbocycles. The predicted octanol–water partition coefficient (Wildman–Crippen LogP) is 10.5. The van der Waals surface area contributed by atoms with E-state index in [0.29, 0.717) is 401 Å². The standard InChI is InChI=1S/C97H185N5O38P8S2/c1-3-139-148(113,114)140-32-15-8-4-5-9-19-87(103)24-33-116-35-37-118-39-41-120-43-45-122-47-49-124-51-53-126-55-57-128-59-61-130-63-65-132-67-69-134-71-73-136-75-77-138-79-78-137-76-74-135-72-70-133-68-66-131-64-62-129-60-58-127-56-54-125-52-50-123-48-46-121-44-42-119-40-38-117-36-34-115-31-17-20-88(104)25-81-150-149-80-16-11-21-91(106)98-26-12-6-7-13-28-100-95(110)86(83-89(105)22-29-101-93(108)82-85(2)96(101)111)18-10-14-27-99-92(107)23-30-102-94(109)84-90(97(102)112)145(146(141)142)147(143)144/h85-86,90H,3-84,141-144H2,1-2H3,(H,98,106)(H,99,107)(H,100,110)(H,113,114)/t85?,86-,90?/m1/s1. The normalized spacial score (nSPS) is 14.5. The lowest BCUT2D eigenvalue weighted by molar-refractivity contribution is -0.141. The zero-order valence-corrected chi connectivity index (χ0v) is 99.4. The Bertz CT molecular complexity index is 3330. The van der Waals surface area contributed by atoms with Crippen LogP contribution < -0.4 is 16.0 Å². The summed E-state index contributed by atoms with van der Waals surface area (Å²) in [5, 5.41) is 8.84. The zero-order chi connectivity index (χ0) is 109. The van der Waals surface area contributed by atoms with E-state index in [1.54, 1.807) is 35.4 Å². The molecule has 2 heterocycles. The molecule has 7 unspecified atom stereocenters. The van der Waals surface area contributed by atoms with Crippen LogP contribution in [0.2, 0.25) is 0 Å². The van der Waals surface area contributed by atoms with Crippen molar-refractivity contribution in [1.29, 1.82) is 0 Å². The predicted molar refractivity (Wildman–Crippen MR) is 591 cm³/mol. The van der Waals surface area contributed by atoms with Gasteiger partial charge in [-0.2, -0.15) is 0 Å². The Kier molecular flexibility index (Phi) is 104. The van der Waals surface area contributed by atoms with Crippen LogP contribution in [-0.2, 0) is 175 Å². The van der Waals surface area contributed by atoms with Gasteiger partial charge in [0.15, 0.2) is 0 Å². The van der Waals surface area contributed by atoms with Gasteiger partial charge in [-0.15, -0.1) is 35.7 Å². The van der Waals surface area contributed by atoms with Crippen molar-refractivity contribution in [2.75, 3.05) is 375 Å². The second-order valence-electron chi connectivity index (χ2n) is 34.2. The van der Waals surface area contributed by atoms with E-state index < -0.39 is 40.9 Å². The first-order valence-corrected chi connectivity index (χ1v) is 69.3. The summed E-state index contributed by atoms with van der Waals surface area (Å²) in [5.41, 5.74) is -0.337. The molecule has 0 spiro atoms. The van der Waals surface area contributed by atoms with Crippen molar-refractivity contribution in [1.82, 2.24) is 25.8 Å². The maximum atomic E-state index is 13.5. The lowest BCUT2D eigenvalue weighted by Gasteiger charge is -2.29. The first kappa shape index (κ1) is 145. The van der Waals surface area contributed by atoms with Gasteiger partial charge in [0.05, 0.1) is 329 Å². The summed E-state index contributed by atoms with van der Waals surface area (Å²) in [6.45, 7) is 25.7. The third-order valence-corrected chi connectivity index (χ3v) is 51.6. The third kappa shape index (κ3) is 91.2. The van der Waals surface area contributed by atoms with Crippen LogP contribution in [0.1, 0.15) is 174 Å². The fourth-order valence-corrected chi connectivity index (χ4v) is 55.8. The molecule has 0 radical (unpaired) electrons. The van der Waals surface area contributed by atoms with E-state index in [0.717, 1.165) is 80.6 Å². The van der Waals surface area contributed by atoms with Crippen molar-refractivity contribution in [2.45, 2.75) is 180 Å². The van der Waals surface area contributed by atoms with Crippen molar-refractivity contribution in [3.05, 3.63) is 0 Å². The quantitative estimate of drug-likeness (QED) is 0.0190. The molecule has 878 valence electrons. The van der Waals surface area contributed by atoms with E-state index in [9.17, 15) is 57.4 Å². The number of nitrogens with one attached hydrogen (secondary N) is 3. The number of carbonyl (C=O) groups excluding carboxylic acids is 10. The van der Waals surface area contributed by atoms with Crippen molar-refractivity contribution in [2.24, 2.45) is 11.8 Å². The molecule has 2 aliphatic rings. The van der Waals surface area contributed by atoms with Crippen molar-refractivity contribution >= 4 is 145 Å². The number of carbonyl (C=O) groups is 10. The Morgan fingerprint density at radius 3 is 1.01 bits per heavy atom. The Balaban J connectivity index is 1.19. The third-order valence-electron chi connectivity index (χ3n) is 21.9. The molecule has 0 aromatic carbocycles. The van der Waals surface area contributed by atoms with Gasteiger partial charge >= 0.3 is 7.82 Å². The lowest BCUT2D eigenvalue weighted by atomic mass is 9.94. The van der Waals surface area contributed by atoms with Gasteiger partial charge in [0, 0.05) is 127 Å². The minimum Gasteiger partial charge on any atom is -0.379 e. The van der Waals surface area contributed by atoms with E-state index in [1.165, 1.54) is 4.90 Å². The highest BCUT2D eigenvalue weighted by molar-refractivity contribution is 8.97. The van der Waals surface area contributed by atoms with Gasteiger partial charge in [0.2, 0.25) is 41.4 Å².